The van der Waals surface area contributed by atoms with E-state index >= 15 is 0 Å². The Hall–Kier alpha value is -1.56. The lowest BCUT2D eigenvalue weighted by Crippen LogP contribution is -2.10. The van der Waals surface area contributed by atoms with Crippen molar-refractivity contribution in [2.24, 2.45) is 0 Å². The van der Waals surface area contributed by atoms with E-state index in [2.05, 4.69) is 15.3 Å². The quantitative estimate of drug-likeness (QED) is 0.754. The van der Waals surface area contributed by atoms with Gasteiger partial charge in [-0.3, -0.25) is 0 Å². The summed E-state index contributed by atoms with van der Waals surface area (Å²) in [6.07, 6.45) is 0. The van der Waals surface area contributed by atoms with Crippen LogP contribution < -0.4 is 15.8 Å². The first-order valence-corrected chi connectivity index (χ1v) is 5.24. The number of anilines is 2. The van der Waals surface area contributed by atoms with E-state index in [1.807, 2.05) is 13.8 Å². The van der Waals surface area contributed by atoms with Gasteiger partial charge in [-0.25, -0.2) is 4.98 Å². The first-order valence-electron chi connectivity index (χ1n) is 5.24. The van der Waals surface area contributed by atoms with Gasteiger partial charge >= 0.3 is 0 Å². The molecule has 0 amide bonds. The molecule has 0 fully saturated rings. The van der Waals surface area contributed by atoms with Crippen LogP contribution in [0, 0.1) is 0 Å². The molecule has 0 aliphatic carbocycles. The molecule has 0 atom stereocenters. The highest BCUT2D eigenvalue weighted by Gasteiger charge is 2.11. The van der Waals surface area contributed by atoms with E-state index in [1.165, 1.54) is 0 Å². The van der Waals surface area contributed by atoms with Crippen LogP contribution in [0.15, 0.2) is 0 Å². The van der Waals surface area contributed by atoms with Gasteiger partial charge in [-0.1, -0.05) is 0 Å². The molecule has 0 aliphatic heterocycles. The number of nitrogens with zero attached hydrogens (tertiary/aromatic N) is 2. The number of methoxy groups -OCH3 is 1. The SMILES string of the molecule is CCNc1nc(COC)nc(OCC)c1N. The minimum Gasteiger partial charge on any atom is -0.476 e. The van der Waals surface area contributed by atoms with Gasteiger partial charge in [-0.2, -0.15) is 4.98 Å². The lowest BCUT2D eigenvalue weighted by Gasteiger charge is -2.12. The second-order valence-electron chi connectivity index (χ2n) is 3.10. The predicted octanol–water partition coefficient (Wildman–Crippen LogP) is 1.04. The molecule has 0 saturated carbocycles. The maximum Gasteiger partial charge on any atom is 0.242 e. The zero-order chi connectivity index (χ0) is 12.0. The number of hydrogen-bond acceptors (Lipinski definition) is 6. The molecule has 1 heterocycles. The van der Waals surface area contributed by atoms with E-state index in [4.69, 9.17) is 15.2 Å². The third kappa shape index (κ3) is 2.96. The maximum absolute atomic E-state index is 5.87. The molecule has 6 nitrogen and oxygen atoms in total. The Kier molecular flexibility index (Phi) is 4.78. The summed E-state index contributed by atoms with van der Waals surface area (Å²) in [6, 6.07) is 0. The zero-order valence-corrected chi connectivity index (χ0v) is 9.91. The average molecular weight is 226 g/mol. The number of nitrogens with one attached hydrogen (secondary N) is 1. The van der Waals surface area contributed by atoms with Crippen LogP contribution in [0.3, 0.4) is 0 Å². The number of ether oxygens (including phenoxy) is 2. The Morgan fingerprint density at radius 2 is 2.06 bits per heavy atom. The fraction of sp³-hybridized carbons (Fsp3) is 0.600. The molecule has 6 heteroatoms. The summed E-state index contributed by atoms with van der Waals surface area (Å²) < 4.78 is 10.3. The molecule has 0 aliphatic rings. The number of nitrogens with two attached hydrogens (primary N) is 1. The number of rotatable bonds is 6. The molecule has 0 bridgehead atoms. The second kappa shape index (κ2) is 6.12. The fourth-order valence-electron chi connectivity index (χ4n) is 1.24. The Morgan fingerprint density at radius 3 is 2.62 bits per heavy atom. The van der Waals surface area contributed by atoms with Crippen molar-refractivity contribution in [3.8, 4) is 5.88 Å². The Bertz CT molecular complexity index is 317. The third-order valence-corrected chi connectivity index (χ3v) is 1.86. The van der Waals surface area contributed by atoms with Gasteiger partial charge in [0.2, 0.25) is 5.88 Å². The minimum absolute atomic E-state index is 0.332. The number of aromatic nitrogens is 2. The monoisotopic (exact) mass is 226 g/mol. The summed E-state index contributed by atoms with van der Waals surface area (Å²) in [4.78, 5) is 8.41. The van der Waals surface area contributed by atoms with Crippen LogP contribution in [0.5, 0.6) is 5.88 Å². The lowest BCUT2D eigenvalue weighted by atomic mass is 10.4. The molecule has 0 spiro atoms. The van der Waals surface area contributed by atoms with Gasteiger partial charge in [0.1, 0.15) is 12.3 Å². The van der Waals surface area contributed by atoms with Gasteiger partial charge in [-0.05, 0) is 13.8 Å². The molecule has 1 aromatic rings. The summed E-state index contributed by atoms with van der Waals surface area (Å²) in [5.74, 6) is 1.55. The van der Waals surface area contributed by atoms with Crippen LogP contribution in [0.2, 0.25) is 0 Å². The van der Waals surface area contributed by atoms with E-state index in [1.54, 1.807) is 7.11 Å². The molecule has 16 heavy (non-hydrogen) atoms. The molecule has 0 aromatic carbocycles. The third-order valence-electron chi connectivity index (χ3n) is 1.86. The lowest BCUT2D eigenvalue weighted by molar-refractivity contribution is 0.176. The molecular weight excluding hydrogens is 208 g/mol. The predicted molar refractivity (Wildman–Crippen MR) is 62.5 cm³/mol. The molecule has 1 aromatic heterocycles. The van der Waals surface area contributed by atoms with Crippen LogP contribution >= 0.6 is 0 Å². The van der Waals surface area contributed by atoms with Gasteiger partial charge in [-0.15, -0.1) is 0 Å². The van der Waals surface area contributed by atoms with Gasteiger partial charge in [0.05, 0.1) is 6.61 Å². The average Bonchev–Trinajstić information content (AvgIpc) is 2.26. The highest BCUT2D eigenvalue weighted by Crippen LogP contribution is 2.26. The van der Waals surface area contributed by atoms with Gasteiger partial charge in [0, 0.05) is 13.7 Å². The fourth-order valence-corrected chi connectivity index (χ4v) is 1.24. The number of nitrogen functional groups attached to an aromatic ring is 1. The van der Waals surface area contributed by atoms with Crippen molar-refractivity contribution < 1.29 is 9.47 Å². The van der Waals surface area contributed by atoms with E-state index < -0.39 is 0 Å². The Labute approximate surface area is 95.2 Å². The van der Waals surface area contributed by atoms with Crippen molar-refractivity contribution in [3.63, 3.8) is 0 Å². The highest BCUT2D eigenvalue weighted by atomic mass is 16.5. The van der Waals surface area contributed by atoms with Crippen molar-refractivity contribution in [2.75, 3.05) is 31.3 Å². The van der Waals surface area contributed by atoms with E-state index in [0.29, 0.717) is 36.4 Å². The van der Waals surface area contributed by atoms with E-state index in [0.717, 1.165) is 6.54 Å². The minimum atomic E-state index is 0.332. The normalized spacial score (nSPS) is 10.2. The van der Waals surface area contributed by atoms with Gasteiger partial charge in [0.15, 0.2) is 11.6 Å². The van der Waals surface area contributed by atoms with E-state index in [-0.39, 0.29) is 0 Å². The van der Waals surface area contributed by atoms with Crippen LogP contribution in [0.4, 0.5) is 11.5 Å². The summed E-state index contributed by atoms with van der Waals surface area (Å²) >= 11 is 0. The molecule has 90 valence electrons. The van der Waals surface area contributed by atoms with Crippen molar-refractivity contribution in [2.45, 2.75) is 20.5 Å². The van der Waals surface area contributed by atoms with Crippen LogP contribution in [0.1, 0.15) is 19.7 Å². The van der Waals surface area contributed by atoms with Crippen molar-refractivity contribution in [1.29, 1.82) is 0 Å². The summed E-state index contributed by atoms with van der Waals surface area (Å²) in [5.41, 5.74) is 6.30. The Balaban J connectivity index is 3.05. The topological polar surface area (TPSA) is 82.3 Å². The molecular formula is C10H18N4O2. The first-order chi connectivity index (χ1) is 7.72. The maximum atomic E-state index is 5.87. The second-order valence-corrected chi connectivity index (χ2v) is 3.10. The van der Waals surface area contributed by atoms with Crippen LogP contribution in [-0.2, 0) is 11.3 Å². The standard InChI is InChI=1S/C10H18N4O2/c1-4-12-9-8(11)10(16-5-2)14-7(13-9)6-15-3/h4-6,11H2,1-3H3,(H,12,13,14). The highest BCUT2D eigenvalue weighted by molar-refractivity contribution is 5.66. The number of hydrogen-bond donors (Lipinski definition) is 2. The van der Waals surface area contributed by atoms with Gasteiger partial charge in [0.25, 0.3) is 0 Å². The molecule has 0 saturated heterocycles. The molecule has 0 unspecified atom stereocenters. The van der Waals surface area contributed by atoms with Crippen LogP contribution in [0.25, 0.3) is 0 Å². The molecule has 0 radical (unpaired) electrons. The largest absolute Gasteiger partial charge is 0.476 e. The summed E-state index contributed by atoms with van der Waals surface area (Å²) in [6.45, 7) is 5.43. The first kappa shape index (κ1) is 12.5. The molecule has 1 rings (SSSR count). The summed E-state index contributed by atoms with van der Waals surface area (Å²) in [7, 11) is 1.59. The zero-order valence-electron chi connectivity index (χ0n) is 9.91. The smallest absolute Gasteiger partial charge is 0.242 e. The van der Waals surface area contributed by atoms with Crippen molar-refractivity contribution >= 4 is 11.5 Å². The van der Waals surface area contributed by atoms with Gasteiger partial charge < -0.3 is 20.5 Å². The van der Waals surface area contributed by atoms with Crippen molar-refractivity contribution in [1.82, 2.24) is 9.97 Å². The Morgan fingerprint density at radius 1 is 1.31 bits per heavy atom. The van der Waals surface area contributed by atoms with Crippen molar-refractivity contribution in [3.05, 3.63) is 5.82 Å². The van der Waals surface area contributed by atoms with Crippen LogP contribution in [-0.4, -0.2) is 30.2 Å². The van der Waals surface area contributed by atoms with E-state index in [9.17, 15) is 0 Å². The molecule has 3 N–H and O–H groups in total. The summed E-state index contributed by atoms with van der Waals surface area (Å²) in [5, 5.41) is 3.06.